The fourth-order valence-corrected chi connectivity index (χ4v) is 11.2. The Bertz CT molecular complexity index is 2410. The van der Waals surface area contributed by atoms with E-state index in [-0.39, 0.29) is 10.8 Å². The van der Waals surface area contributed by atoms with Crippen LogP contribution in [-0.2, 0) is 10.8 Å². The molecule has 3 aliphatic carbocycles. The van der Waals surface area contributed by atoms with Gasteiger partial charge in [-0.1, -0.05) is 129 Å². The molecule has 0 aromatic heterocycles. The van der Waals surface area contributed by atoms with Crippen molar-refractivity contribution in [3.8, 4) is 11.1 Å². The van der Waals surface area contributed by atoms with Crippen LogP contribution in [-0.4, -0.2) is 0 Å². The van der Waals surface area contributed by atoms with Crippen molar-refractivity contribution in [1.82, 2.24) is 0 Å². The smallest absolute Gasteiger partial charge is 0.0468 e. The van der Waals surface area contributed by atoms with Crippen LogP contribution < -0.4 is 9.80 Å². The average molecular weight is 727 g/mol. The first-order chi connectivity index (χ1) is 27.6. The number of hydrogen-bond acceptors (Lipinski definition) is 2. The highest BCUT2D eigenvalue weighted by Crippen LogP contribution is 2.60. The maximum absolute atomic E-state index is 2.46. The molecule has 3 unspecified atom stereocenters. The van der Waals surface area contributed by atoms with E-state index in [1.807, 2.05) is 0 Å². The van der Waals surface area contributed by atoms with Gasteiger partial charge in [0.25, 0.3) is 0 Å². The van der Waals surface area contributed by atoms with Gasteiger partial charge in [-0.15, -0.1) is 0 Å². The van der Waals surface area contributed by atoms with Crippen LogP contribution in [0, 0.1) is 11.8 Å². The van der Waals surface area contributed by atoms with Crippen molar-refractivity contribution in [2.75, 3.05) is 9.80 Å². The monoisotopic (exact) mass is 726 g/mol. The first kappa shape index (κ1) is 34.6. The van der Waals surface area contributed by atoms with Crippen molar-refractivity contribution in [2.24, 2.45) is 11.8 Å². The molecule has 10 rings (SSSR count). The van der Waals surface area contributed by atoms with Gasteiger partial charge in [-0.2, -0.15) is 0 Å². The molecule has 2 fully saturated rings. The van der Waals surface area contributed by atoms with Gasteiger partial charge in [0.15, 0.2) is 0 Å². The summed E-state index contributed by atoms with van der Waals surface area (Å²) < 4.78 is 0. The van der Waals surface area contributed by atoms with Gasteiger partial charge in [-0.3, -0.25) is 0 Å². The van der Waals surface area contributed by atoms with E-state index in [9.17, 15) is 0 Å². The molecule has 2 bridgehead atoms. The number of anilines is 6. The summed E-state index contributed by atoms with van der Waals surface area (Å²) in [6, 6.07) is 68.0. The summed E-state index contributed by atoms with van der Waals surface area (Å²) in [7, 11) is 0. The van der Waals surface area contributed by atoms with Crippen molar-refractivity contribution in [1.29, 1.82) is 0 Å². The molecule has 0 spiro atoms. The van der Waals surface area contributed by atoms with Crippen LogP contribution in [0.2, 0.25) is 0 Å². The lowest BCUT2D eigenvalue weighted by Crippen LogP contribution is -2.34. The van der Waals surface area contributed by atoms with E-state index in [0.717, 1.165) is 18.8 Å². The predicted molar refractivity (Wildman–Crippen MR) is 235 cm³/mol. The molecule has 0 radical (unpaired) electrons. The second-order valence-electron chi connectivity index (χ2n) is 16.4. The lowest BCUT2D eigenvalue weighted by atomic mass is 9.64. The molecule has 3 aliphatic rings. The first-order valence-electron chi connectivity index (χ1n) is 20.8. The number of hydrogen-bond donors (Lipinski definition) is 0. The van der Waals surface area contributed by atoms with Gasteiger partial charge in [0, 0.05) is 45.0 Å². The van der Waals surface area contributed by atoms with Crippen molar-refractivity contribution in [2.45, 2.75) is 63.2 Å². The van der Waals surface area contributed by atoms with Crippen LogP contribution in [0.4, 0.5) is 34.1 Å². The number of fused-ring (bicyclic) bond motifs is 5. The number of nitrogens with zero attached hydrogens (tertiary/aromatic N) is 2. The average Bonchev–Trinajstić information content (AvgIpc) is 3.97. The highest BCUT2D eigenvalue weighted by atomic mass is 15.1. The van der Waals surface area contributed by atoms with E-state index in [4.69, 9.17) is 0 Å². The fourth-order valence-electron chi connectivity index (χ4n) is 11.2. The minimum absolute atomic E-state index is 0.0167. The lowest BCUT2D eigenvalue weighted by molar-refractivity contribution is 0.320. The molecule has 2 heteroatoms. The molecule has 0 aliphatic heterocycles. The Kier molecular flexibility index (Phi) is 8.66. The van der Waals surface area contributed by atoms with Crippen molar-refractivity contribution in [3.63, 3.8) is 0 Å². The predicted octanol–water partition coefficient (Wildman–Crippen LogP) is 14.8. The maximum atomic E-state index is 2.46. The Balaban J connectivity index is 1.04. The summed E-state index contributed by atoms with van der Waals surface area (Å²) in [4.78, 5) is 4.82. The second kappa shape index (κ2) is 14.0. The van der Waals surface area contributed by atoms with Crippen molar-refractivity contribution >= 4 is 34.1 Å². The van der Waals surface area contributed by atoms with Gasteiger partial charge in [0.1, 0.15) is 0 Å². The van der Waals surface area contributed by atoms with E-state index in [2.05, 4.69) is 206 Å². The number of rotatable bonds is 10. The quantitative estimate of drug-likeness (QED) is 0.138. The molecular weight excluding hydrogens is 677 g/mol. The summed E-state index contributed by atoms with van der Waals surface area (Å²) >= 11 is 0. The Morgan fingerprint density at radius 3 is 1.38 bits per heavy atom. The van der Waals surface area contributed by atoms with E-state index in [0.29, 0.717) is 5.92 Å². The zero-order valence-electron chi connectivity index (χ0n) is 32.6. The highest BCUT2D eigenvalue weighted by Gasteiger charge is 2.52. The summed E-state index contributed by atoms with van der Waals surface area (Å²) in [5.41, 5.74) is 15.8. The van der Waals surface area contributed by atoms with E-state index in [1.54, 1.807) is 0 Å². The van der Waals surface area contributed by atoms with Crippen molar-refractivity contribution < 1.29 is 0 Å². The van der Waals surface area contributed by atoms with Gasteiger partial charge < -0.3 is 9.80 Å². The molecular formula is C54H50N2. The minimum Gasteiger partial charge on any atom is -0.311 e. The Morgan fingerprint density at radius 2 is 0.893 bits per heavy atom. The van der Waals surface area contributed by atoms with Crippen LogP contribution in [0.5, 0.6) is 0 Å². The standard InChI is InChI=1S/C54H50N2/c1-3-53(4-2)51-23-15-14-22-49(51)50-37-48(34-35-52(50)53)56(45-20-12-7-13-21-45)47-32-28-41(29-33-47)54(38-39-24-25-42(54)36-39)40-26-30-46(31-27-40)55(43-16-8-5-9-17-43)44-18-10-6-11-19-44/h5-23,26-35,37,39,42H,3-4,24-25,36,38H2,1-2H3. The molecule has 0 amide bonds. The van der Waals surface area contributed by atoms with Crippen LogP contribution in [0.3, 0.4) is 0 Å². The summed E-state index contributed by atoms with van der Waals surface area (Å²) in [5, 5.41) is 0. The molecule has 0 saturated heterocycles. The molecule has 7 aromatic rings. The van der Waals surface area contributed by atoms with Crippen LogP contribution in [0.25, 0.3) is 11.1 Å². The van der Waals surface area contributed by atoms with E-state index < -0.39 is 0 Å². The molecule has 2 saturated carbocycles. The third-order valence-electron chi connectivity index (χ3n) is 13.9. The molecule has 3 atom stereocenters. The molecule has 276 valence electrons. The van der Waals surface area contributed by atoms with Gasteiger partial charge in [-0.25, -0.2) is 0 Å². The summed E-state index contributed by atoms with van der Waals surface area (Å²) in [6.07, 6.45) is 7.41. The highest BCUT2D eigenvalue weighted by molar-refractivity contribution is 5.87. The normalized spacial score (nSPS) is 20.0. The topological polar surface area (TPSA) is 6.48 Å². The zero-order valence-corrected chi connectivity index (χ0v) is 32.6. The van der Waals surface area contributed by atoms with E-state index in [1.165, 1.54) is 93.2 Å². The molecule has 0 N–H and O–H groups in total. The number of para-hydroxylation sites is 3. The van der Waals surface area contributed by atoms with Gasteiger partial charge >= 0.3 is 0 Å². The zero-order chi connectivity index (χ0) is 37.7. The third kappa shape index (κ3) is 5.45. The van der Waals surface area contributed by atoms with Crippen LogP contribution >= 0.6 is 0 Å². The van der Waals surface area contributed by atoms with Crippen LogP contribution in [0.15, 0.2) is 182 Å². The largest absolute Gasteiger partial charge is 0.311 e. The Morgan fingerprint density at radius 1 is 0.446 bits per heavy atom. The molecule has 56 heavy (non-hydrogen) atoms. The maximum Gasteiger partial charge on any atom is 0.0468 e. The van der Waals surface area contributed by atoms with Gasteiger partial charge in [-0.05, 0) is 150 Å². The molecule has 2 nitrogen and oxygen atoms in total. The van der Waals surface area contributed by atoms with Crippen LogP contribution in [0.1, 0.15) is 74.6 Å². The summed E-state index contributed by atoms with van der Waals surface area (Å²) in [6.45, 7) is 4.70. The third-order valence-corrected chi connectivity index (χ3v) is 13.9. The first-order valence-corrected chi connectivity index (χ1v) is 20.8. The van der Waals surface area contributed by atoms with Gasteiger partial charge in [0.05, 0.1) is 0 Å². The number of benzene rings is 7. The second-order valence-corrected chi connectivity index (χ2v) is 16.4. The van der Waals surface area contributed by atoms with Gasteiger partial charge in [0.2, 0.25) is 0 Å². The Labute approximate surface area is 333 Å². The lowest BCUT2D eigenvalue weighted by Gasteiger charge is -2.40. The fraction of sp³-hybridized carbons (Fsp3) is 0.222. The summed E-state index contributed by atoms with van der Waals surface area (Å²) in [5.74, 6) is 1.45. The molecule has 0 heterocycles. The Hall–Kier alpha value is -5.86. The SMILES string of the molecule is CCC1(CC)c2ccccc2-c2cc(N(c3ccccc3)c3ccc(C4(c5ccc(N(c6ccccc6)c6ccccc6)cc5)CC5CCC4C5)cc3)ccc21. The molecule has 7 aromatic carbocycles. The van der Waals surface area contributed by atoms with Crippen molar-refractivity contribution in [3.05, 3.63) is 204 Å². The van der Waals surface area contributed by atoms with E-state index >= 15 is 0 Å². The minimum atomic E-state index is 0.0167.